The Labute approximate surface area is 104 Å². The zero-order chi connectivity index (χ0) is 10.8. The van der Waals surface area contributed by atoms with E-state index in [1.54, 1.807) is 12.1 Å². The first kappa shape index (κ1) is 11.3. The van der Waals surface area contributed by atoms with Gasteiger partial charge in [-0.3, -0.25) is 0 Å². The van der Waals surface area contributed by atoms with Crippen LogP contribution in [0.2, 0.25) is 0 Å². The van der Waals surface area contributed by atoms with Gasteiger partial charge in [0.25, 0.3) is 0 Å². The van der Waals surface area contributed by atoms with E-state index in [1.807, 2.05) is 13.0 Å². The summed E-state index contributed by atoms with van der Waals surface area (Å²) in [6.07, 6.45) is 2.15. The fourth-order valence-corrected chi connectivity index (χ4v) is 2.86. The van der Waals surface area contributed by atoms with Crippen LogP contribution in [0.15, 0.2) is 18.2 Å². The van der Waals surface area contributed by atoms with Gasteiger partial charge in [-0.15, -0.1) is 0 Å². The van der Waals surface area contributed by atoms with E-state index >= 15 is 0 Å². The van der Waals surface area contributed by atoms with Crippen molar-refractivity contribution in [2.24, 2.45) is 0 Å². The molecule has 0 aromatic heterocycles. The molecule has 1 fully saturated rings. The number of halogens is 2. The zero-order valence-corrected chi connectivity index (χ0v) is 11.0. The third kappa shape index (κ3) is 2.50. The molecule has 0 saturated carbocycles. The van der Waals surface area contributed by atoms with Crippen molar-refractivity contribution >= 4 is 22.9 Å². The minimum absolute atomic E-state index is 0.0260. The van der Waals surface area contributed by atoms with Gasteiger partial charge in [0.1, 0.15) is 5.82 Å². The lowest BCUT2D eigenvalue weighted by molar-refractivity contribution is 0.361. The first-order chi connectivity index (χ1) is 7.18. The van der Waals surface area contributed by atoms with Crippen LogP contribution in [0.1, 0.15) is 29.9 Å². The highest BCUT2D eigenvalue weighted by Gasteiger charge is 2.22. The molecule has 1 aromatic carbocycles. The predicted octanol–water partition coefficient (Wildman–Crippen LogP) is 3.66. The molecule has 15 heavy (non-hydrogen) atoms. The SMILES string of the molecule is Cc1cccc(F)c1C1CCN(I)CC1. The summed E-state index contributed by atoms with van der Waals surface area (Å²) in [5.74, 6) is 0.388. The van der Waals surface area contributed by atoms with Crippen LogP contribution < -0.4 is 0 Å². The highest BCUT2D eigenvalue weighted by Crippen LogP contribution is 2.32. The van der Waals surface area contributed by atoms with E-state index in [2.05, 4.69) is 26.0 Å². The summed E-state index contributed by atoms with van der Waals surface area (Å²) in [5.41, 5.74) is 2.05. The van der Waals surface area contributed by atoms with Gasteiger partial charge in [0.2, 0.25) is 0 Å². The molecule has 1 aliphatic rings. The minimum Gasteiger partial charge on any atom is -0.248 e. The third-order valence-corrected chi connectivity index (χ3v) is 4.08. The summed E-state index contributed by atoms with van der Waals surface area (Å²) in [5, 5.41) is 0. The van der Waals surface area contributed by atoms with Crippen LogP contribution in [0.25, 0.3) is 0 Å². The maximum absolute atomic E-state index is 13.7. The van der Waals surface area contributed by atoms with Gasteiger partial charge < -0.3 is 0 Å². The molecule has 0 aliphatic carbocycles. The minimum atomic E-state index is -0.0260. The van der Waals surface area contributed by atoms with Crippen molar-refractivity contribution in [2.45, 2.75) is 25.7 Å². The molecule has 0 radical (unpaired) electrons. The van der Waals surface area contributed by atoms with Gasteiger partial charge in [-0.05, 0) is 42.9 Å². The maximum atomic E-state index is 13.7. The number of benzene rings is 1. The summed E-state index contributed by atoms with van der Waals surface area (Å²) in [7, 11) is 0. The van der Waals surface area contributed by atoms with Gasteiger partial charge in [0, 0.05) is 36.0 Å². The van der Waals surface area contributed by atoms with Crippen LogP contribution in [0.5, 0.6) is 0 Å². The van der Waals surface area contributed by atoms with E-state index in [4.69, 9.17) is 0 Å². The van der Waals surface area contributed by atoms with Gasteiger partial charge in [-0.1, -0.05) is 12.1 Å². The van der Waals surface area contributed by atoms with Crippen molar-refractivity contribution in [3.63, 3.8) is 0 Å². The quantitative estimate of drug-likeness (QED) is 0.564. The third-order valence-electron chi connectivity index (χ3n) is 3.12. The molecule has 0 N–H and O–H groups in total. The van der Waals surface area contributed by atoms with E-state index in [-0.39, 0.29) is 5.82 Å². The van der Waals surface area contributed by atoms with Crippen LogP contribution in [-0.4, -0.2) is 16.2 Å². The fraction of sp³-hybridized carbons (Fsp3) is 0.500. The topological polar surface area (TPSA) is 3.24 Å². The molecular weight excluding hydrogens is 304 g/mol. The second kappa shape index (κ2) is 4.78. The van der Waals surface area contributed by atoms with Gasteiger partial charge in [-0.2, -0.15) is 0 Å². The van der Waals surface area contributed by atoms with Crippen molar-refractivity contribution in [3.05, 3.63) is 35.1 Å². The summed E-state index contributed by atoms with van der Waals surface area (Å²) in [6.45, 7) is 4.15. The molecule has 1 aliphatic heterocycles. The Morgan fingerprint density at radius 1 is 1.33 bits per heavy atom. The lowest BCUT2D eigenvalue weighted by atomic mass is 9.87. The van der Waals surface area contributed by atoms with Crippen molar-refractivity contribution in [3.8, 4) is 0 Å². The van der Waals surface area contributed by atoms with Gasteiger partial charge in [-0.25, -0.2) is 7.50 Å². The Morgan fingerprint density at radius 2 is 2.00 bits per heavy atom. The molecule has 0 unspecified atom stereocenters. The normalized spacial score (nSPS) is 19.4. The van der Waals surface area contributed by atoms with Crippen LogP contribution in [0, 0.1) is 12.7 Å². The standard InChI is InChI=1S/C12H15FIN/c1-9-3-2-4-11(13)12(9)10-5-7-15(14)8-6-10/h2-4,10H,5-8H2,1H3. The highest BCUT2D eigenvalue weighted by atomic mass is 127. The van der Waals surface area contributed by atoms with E-state index in [0.29, 0.717) is 5.92 Å². The molecule has 0 amide bonds. The van der Waals surface area contributed by atoms with Crippen LogP contribution in [0.4, 0.5) is 4.39 Å². The molecule has 82 valence electrons. The number of aryl methyl sites for hydroxylation is 1. The average molecular weight is 319 g/mol. The van der Waals surface area contributed by atoms with Crippen molar-refractivity contribution < 1.29 is 4.39 Å². The summed E-state index contributed by atoms with van der Waals surface area (Å²) >= 11 is 2.34. The lowest BCUT2D eigenvalue weighted by Crippen LogP contribution is -2.25. The molecule has 1 nitrogen and oxygen atoms in total. The van der Waals surface area contributed by atoms with E-state index in [1.165, 1.54) is 0 Å². The van der Waals surface area contributed by atoms with Crippen molar-refractivity contribution in [1.82, 2.24) is 3.11 Å². The molecule has 0 spiro atoms. The zero-order valence-electron chi connectivity index (χ0n) is 8.84. The smallest absolute Gasteiger partial charge is 0.126 e. The monoisotopic (exact) mass is 319 g/mol. The van der Waals surface area contributed by atoms with Gasteiger partial charge >= 0.3 is 0 Å². The Morgan fingerprint density at radius 3 is 2.60 bits per heavy atom. The maximum Gasteiger partial charge on any atom is 0.126 e. The molecular formula is C12H15FIN. The number of hydrogen-bond donors (Lipinski definition) is 0. The highest BCUT2D eigenvalue weighted by molar-refractivity contribution is 14.1. The Bertz CT molecular complexity index is 325. The fourth-order valence-electron chi connectivity index (χ4n) is 2.30. The number of hydrogen-bond acceptors (Lipinski definition) is 1. The number of nitrogens with zero attached hydrogens (tertiary/aromatic N) is 1. The number of rotatable bonds is 1. The van der Waals surface area contributed by atoms with Crippen molar-refractivity contribution in [2.75, 3.05) is 13.1 Å². The molecule has 1 aromatic rings. The second-order valence-electron chi connectivity index (χ2n) is 4.15. The Balaban J connectivity index is 2.22. The number of piperidine rings is 1. The van der Waals surface area contributed by atoms with Gasteiger partial charge in [0.15, 0.2) is 0 Å². The van der Waals surface area contributed by atoms with Crippen molar-refractivity contribution in [1.29, 1.82) is 0 Å². The second-order valence-corrected chi connectivity index (χ2v) is 5.52. The first-order valence-electron chi connectivity index (χ1n) is 5.34. The van der Waals surface area contributed by atoms with E-state index in [9.17, 15) is 4.39 Å². The average Bonchev–Trinajstić information content (AvgIpc) is 2.20. The molecule has 1 saturated heterocycles. The molecule has 0 bridgehead atoms. The predicted molar refractivity (Wildman–Crippen MR) is 68.7 cm³/mol. The van der Waals surface area contributed by atoms with Crippen LogP contribution in [-0.2, 0) is 0 Å². The van der Waals surface area contributed by atoms with Gasteiger partial charge in [0.05, 0.1) is 0 Å². The largest absolute Gasteiger partial charge is 0.248 e. The molecule has 1 heterocycles. The Hall–Kier alpha value is -0.160. The molecule has 2 rings (SSSR count). The van der Waals surface area contributed by atoms with E-state index in [0.717, 1.165) is 37.1 Å². The lowest BCUT2D eigenvalue weighted by Gasteiger charge is -2.28. The van der Waals surface area contributed by atoms with E-state index < -0.39 is 0 Å². The summed E-state index contributed by atoms with van der Waals surface area (Å²) in [4.78, 5) is 0. The Kier molecular flexibility index (Phi) is 3.61. The molecule has 0 atom stereocenters. The summed E-state index contributed by atoms with van der Waals surface area (Å²) < 4.78 is 16.0. The van der Waals surface area contributed by atoms with Crippen LogP contribution in [0.3, 0.4) is 0 Å². The first-order valence-corrected chi connectivity index (χ1v) is 6.30. The van der Waals surface area contributed by atoms with Crippen LogP contribution >= 0.6 is 22.9 Å². The summed E-state index contributed by atoms with van der Waals surface area (Å²) in [6, 6.07) is 5.38. The molecule has 3 heteroatoms.